The minimum Gasteiger partial charge on any atom is -0.351 e. The van der Waals surface area contributed by atoms with Gasteiger partial charge in [-0.3, -0.25) is 4.84 Å². The van der Waals surface area contributed by atoms with Gasteiger partial charge < -0.3 is 10.6 Å². The molecule has 28 heavy (non-hydrogen) atoms. The third kappa shape index (κ3) is 4.05. The smallest absolute Gasteiger partial charge is 0.351 e. The average Bonchev–Trinajstić information content (AvgIpc) is 3.18. The van der Waals surface area contributed by atoms with Crippen molar-refractivity contribution in [3.05, 3.63) is 47.7 Å². The number of hydroxylamine groups is 1. The number of benzene rings is 1. The Morgan fingerprint density at radius 1 is 1.11 bits per heavy atom. The highest BCUT2D eigenvalue weighted by Gasteiger charge is 2.40. The monoisotopic (exact) mass is 393 g/mol. The van der Waals surface area contributed by atoms with Gasteiger partial charge in [-0.2, -0.15) is 18.2 Å². The lowest BCUT2D eigenvalue weighted by molar-refractivity contribution is -0.138. The van der Waals surface area contributed by atoms with E-state index in [9.17, 15) is 13.2 Å². The summed E-state index contributed by atoms with van der Waals surface area (Å²) in [6, 6.07) is 9.17. The number of anilines is 2. The van der Waals surface area contributed by atoms with E-state index >= 15 is 0 Å². The zero-order chi connectivity index (χ0) is 19.6. The lowest BCUT2D eigenvalue weighted by Crippen LogP contribution is -2.36. The van der Waals surface area contributed by atoms with Crippen LogP contribution in [0, 0.1) is 0 Å². The van der Waals surface area contributed by atoms with E-state index in [1.54, 1.807) is 0 Å². The third-order valence-corrected chi connectivity index (χ3v) is 5.04. The fourth-order valence-electron chi connectivity index (χ4n) is 3.62. The number of nitrogens with zero attached hydrogens (tertiary/aromatic N) is 3. The first-order valence-electron chi connectivity index (χ1n) is 9.41. The molecule has 0 radical (unpaired) electrons. The van der Waals surface area contributed by atoms with Gasteiger partial charge in [-0.25, -0.2) is 10.0 Å². The molecule has 2 saturated heterocycles. The van der Waals surface area contributed by atoms with Crippen LogP contribution < -0.4 is 15.7 Å². The quantitative estimate of drug-likeness (QED) is 0.829. The summed E-state index contributed by atoms with van der Waals surface area (Å²) in [4.78, 5) is 13.7. The molecule has 1 atom stereocenters. The first-order valence-corrected chi connectivity index (χ1v) is 9.41. The van der Waals surface area contributed by atoms with Crippen LogP contribution >= 0.6 is 0 Å². The Kier molecular flexibility index (Phi) is 5.36. The van der Waals surface area contributed by atoms with Crippen LogP contribution in [0.5, 0.6) is 0 Å². The van der Waals surface area contributed by atoms with Crippen LogP contribution in [-0.2, 0) is 11.0 Å². The maximum Gasteiger partial charge on any atom is 0.421 e. The zero-order valence-corrected chi connectivity index (χ0v) is 15.2. The minimum absolute atomic E-state index is 0.134. The fraction of sp³-hybridized carbons (Fsp3) is 0.474. The SMILES string of the molecule is FC(F)(F)c1cnc(NC2CCNCC2)nc1N1OCC[C@H]1c1ccccc1. The Labute approximate surface area is 161 Å². The van der Waals surface area contributed by atoms with Crippen molar-refractivity contribution in [2.24, 2.45) is 0 Å². The van der Waals surface area contributed by atoms with E-state index in [2.05, 4.69) is 20.6 Å². The largest absolute Gasteiger partial charge is 0.421 e. The summed E-state index contributed by atoms with van der Waals surface area (Å²) in [5.74, 6) is -0.0532. The maximum absolute atomic E-state index is 13.6. The average molecular weight is 393 g/mol. The highest BCUT2D eigenvalue weighted by atomic mass is 19.4. The second kappa shape index (κ2) is 7.92. The van der Waals surface area contributed by atoms with Crippen LogP contribution in [0.2, 0.25) is 0 Å². The van der Waals surface area contributed by atoms with Crippen LogP contribution in [0.25, 0.3) is 0 Å². The first kappa shape index (κ1) is 18.9. The molecular weight excluding hydrogens is 371 g/mol. The van der Waals surface area contributed by atoms with Crippen LogP contribution in [0.15, 0.2) is 36.5 Å². The zero-order valence-electron chi connectivity index (χ0n) is 15.2. The van der Waals surface area contributed by atoms with Gasteiger partial charge in [0.2, 0.25) is 5.95 Å². The number of halogens is 3. The van der Waals surface area contributed by atoms with Crippen molar-refractivity contribution in [3.8, 4) is 0 Å². The lowest BCUT2D eigenvalue weighted by Gasteiger charge is -2.28. The van der Waals surface area contributed by atoms with Crippen molar-refractivity contribution in [2.45, 2.75) is 37.5 Å². The molecule has 2 fully saturated rings. The fourth-order valence-corrected chi connectivity index (χ4v) is 3.62. The molecule has 2 aliphatic rings. The molecule has 0 aliphatic carbocycles. The van der Waals surface area contributed by atoms with E-state index in [0.29, 0.717) is 13.0 Å². The highest BCUT2D eigenvalue weighted by Crippen LogP contribution is 2.41. The van der Waals surface area contributed by atoms with Gasteiger partial charge in [-0.05, 0) is 31.5 Å². The van der Waals surface area contributed by atoms with Crippen molar-refractivity contribution < 1.29 is 18.0 Å². The Hall–Kier alpha value is -2.39. The highest BCUT2D eigenvalue weighted by molar-refractivity contribution is 5.51. The summed E-state index contributed by atoms with van der Waals surface area (Å²) in [6.45, 7) is 2.05. The van der Waals surface area contributed by atoms with E-state index in [4.69, 9.17) is 4.84 Å². The number of aromatic nitrogens is 2. The van der Waals surface area contributed by atoms with Gasteiger partial charge in [-0.15, -0.1) is 0 Å². The van der Waals surface area contributed by atoms with Crippen LogP contribution in [0.3, 0.4) is 0 Å². The van der Waals surface area contributed by atoms with Gasteiger partial charge in [0.25, 0.3) is 0 Å². The summed E-state index contributed by atoms with van der Waals surface area (Å²) >= 11 is 0. The summed E-state index contributed by atoms with van der Waals surface area (Å²) in [5.41, 5.74) is -0.00853. The second-order valence-corrected chi connectivity index (χ2v) is 6.97. The molecule has 150 valence electrons. The normalized spacial score (nSPS) is 21.1. The topological polar surface area (TPSA) is 62.3 Å². The molecule has 2 aromatic rings. The molecule has 3 heterocycles. The Bertz CT molecular complexity index is 796. The Morgan fingerprint density at radius 2 is 1.86 bits per heavy atom. The van der Waals surface area contributed by atoms with Crippen molar-refractivity contribution in [1.29, 1.82) is 0 Å². The maximum atomic E-state index is 13.6. The Balaban J connectivity index is 1.67. The third-order valence-electron chi connectivity index (χ3n) is 5.04. The summed E-state index contributed by atoms with van der Waals surface area (Å²) in [5, 5.41) is 7.70. The van der Waals surface area contributed by atoms with Crippen molar-refractivity contribution in [1.82, 2.24) is 15.3 Å². The minimum atomic E-state index is -4.57. The molecule has 0 spiro atoms. The van der Waals surface area contributed by atoms with E-state index in [0.717, 1.165) is 37.7 Å². The molecule has 1 aromatic carbocycles. The van der Waals surface area contributed by atoms with Crippen molar-refractivity contribution >= 4 is 11.8 Å². The van der Waals surface area contributed by atoms with E-state index < -0.39 is 11.7 Å². The molecule has 0 saturated carbocycles. The summed E-state index contributed by atoms with van der Waals surface area (Å²) in [7, 11) is 0. The Morgan fingerprint density at radius 3 is 2.57 bits per heavy atom. The van der Waals surface area contributed by atoms with E-state index in [1.807, 2.05) is 30.3 Å². The number of nitrogens with one attached hydrogen (secondary N) is 2. The molecular formula is C19H22F3N5O. The molecule has 0 amide bonds. The molecule has 2 N–H and O–H groups in total. The summed E-state index contributed by atoms with van der Waals surface area (Å²) in [6.07, 6.45) is -1.41. The van der Waals surface area contributed by atoms with Gasteiger partial charge in [0.15, 0.2) is 5.82 Å². The molecule has 4 rings (SSSR count). The molecule has 0 unspecified atom stereocenters. The van der Waals surface area contributed by atoms with Gasteiger partial charge in [-0.1, -0.05) is 30.3 Å². The predicted molar refractivity (Wildman–Crippen MR) is 98.8 cm³/mol. The number of hydrogen-bond acceptors (Lipinski definition) is 6. The van der Waals surface area contributed by atoms with E-state index in [1.165, 1.54) is 5.06 Å². The van der Waals surface area contributed by atoms with Gasteiger partial charge >= 0.3 is 6.18 Å². The second-order valence-electron chi connectivity index (χ2n) is 6.97. The van der Waals surface area contributed by atoms with Crippen LogP contribution in [0.1, 0.15) is 36.4 Å². The molecule has 0 bridgehead atoms. The van der Waals surface area contributed by atoms with Gasteiger partial charge in [0.05, 0.1) is 12.6 Å². The van der Waals surface area contributed by atoms with E-state index in [-0.39, 0.29) is 23.8 Å². The van der Waals surface area contributed by atoms with Crippen molar-refractivity contribution in [3.63, 3.8) is 0 Å². The van der Waals surface area contributed by atoms with Crippen molar-refractivity contribution in [2.75, 3.05) is 30.1 Å². The molecule has 2 aliphatic heterocycles. The van der Waals surface area contributed by atoms with Gasteiger partial charge in [0.1, 0.15) is 5.56 Å². The standard InChI is InChI=1S/C19H22F3N5O/c20-19(21,22)15-12-24-18(25-14-6-9-23-10-7-14)26-17(15)27-16(8-11-28-27)13-4-2-1-3-5-13/h1-5,12,14,16,23H,6-11H2,(H,24,25,26)/t16-/m0/s1. The predicted octanol–water partition coefficient (Wildman–Crippen LogP) is 3.54. The van der Waals surface area contributed by atoms with Gasteiger partial charge in [0, 0.05) is 18.7 Å². The van der Waals surface area contributed by atoms with Crippen LogP contribution in [0.4, 0.5) is 24.9 Å². The first-order chi connectivity index (χ1) is 13.5. The number of rotatable bonds is 4. The molecule has 6 nitrogen and oxygen atoms in total. The summed E-state index contributed by atoms with van der Waals surface area (Å²) < 4.78 is 40.9. The molecule has 9 heteroatoms. The molecule has 1 aromatic heterocycles. The lowest BCUT2D eigenvalue weighted by atomic mass is 10.0. The number of hydrogen-bond donors (Lipinski definition) is 2. The number of alkyl halides is 3. The van der Waals surface area contributed by atoms with Crippen LogP contribution in [-0.4, -0.2) is 35.7 Å². The number of piperidine rings is 1.